The molecule has 0 unspecified atom stereocenters. The molecule has 2 aliphatic rings. The predicted molar refractivity (Wildman–Crippen MR) is 120 cm³/mol. The lowest BCUT2D eigenvalue weighted by Gasteiger charge is -2.20. The van der Waals surface area contributed by atoms with Crippen molar-refractivity contribution in [3.63, 3.8) is 0 Å². The summed E-state index contributed by atoms with van der Waals surface area (Å²) in [5.41, 5.74) is 2.52. The summed E-state index contributed by atoms with van der Waals surface area (Å²) >= 11 is 0. The minimum Gasteiger partial charge on any atom is -0.475 e. The van der Waals surface area contributed by atoms with Crippen molar-refractivity contribution in [3.05, 3.63) is 71.8 Å². The Morgan fingerprint density at radius 1 is 0.939 bits per heavy atom. The Morgan fingerprint density at radius 2 is 1.45 bits per heavy atom. The van der Waals surface area contributed by atoms with Gasteiger partial charge in [0.15, 0.2) is 0 Å². The van der Waals surface area contributed by atoms with Crippen LogP contribution in [0, 0.1) is 0 Å². The fourth-order valence-electron chi connectivity index (χ4n) is 4.07. The van der Waals surface area contributed by atoms with Crippen LogP contribution in [0.4, 0.5) is 13.2 Å². The number of ether oxygens (including phenoxy) is 1. The maximum atomic E-state index is 10.6. The van der Waals surface area contributed by atoms with Crippen LogP contribution in [0.15, 0.2) is 65.7 Å². The number of hydrogen-bond acceptors (Lipinski definition) is 4. The molecule has 0 bridgehead atoms. The number of nitrogens with zero attached hydrogens (tertiary/aromatic N) is 1. The van der Waals surface area contributed by atoms with Gasteiger partial charge in [-0.3, -0.25) is 4.99 Å². The van der Waals surface area contributed by atoms with Crippen LogP contribution in [0.1, 0.15) is 61.7 Å². The van der Waals surface area contributed by atoms with E-state index < -0.39 is 12.1 Å². The molecule has 5 nitrogen and oxygen atoms in total. The highest BCUT2D eigenvalue weighted by molar-refractivity contribution is 5.86. The number of amidine groups is 1. The van der Waals surface area contributed by atoms with Crippen LogP contribution >= 0.6 is 0 Å². The first-order valence-electron chi connectivity index (χ1n) is 11.2. The average molecular weight is 463 g/mol. The number of carboxylic acids is 1. The molecule has 0 aromatic heterocycles. The summed E-state index contributed by atoms with van der Waals surface area (Å²) in [5, 5.41) is 10.8. The molecule has 2 N–H and O–H groups in total. The number of benzene rings is 2. The second-order valence-corrected chi connectivity index (χ2v) is 8.19. The largest absolute Gasteiger partial charge is 0.490 e. The number of hydrogen-bond donors (Lipinski definition) is 2. The molecule has 1 aliphatic heterocycles. The van der Waals surface area contributed by atoms with Gasteiger partial charge in [0.25, 0.3) is 0 Å². The van der Waals surface area contributed by atoms with Crippen LogP contribution in [-0.2, 0) is 9.53 Å². The summed E-state index contributed by atoms with van der Waals surface area (Å²) in [6.45, 7) is 0.595. The molecule has 8 heteroatoms. The third-order valence-corrected chi connectivity index (χ3v) is 5.73. The summed E-state index contributed by atoms with van der Waals surface area (Å²) in [6.07, 6.45) is 2.99. The molecular formula is C25H29F3N2O3. The zero-order valence-corrected chi connectivity index (χ0v) is 18.3. The van der Waals surface area contributed by atoms with Gasteiger partial charge >= 0.3 is 12.1 Å². The van der Waals surface area contributed by atoms with Crippen LogP contribution in [-0.4, -0.2) is 35.8 Å². The molecule has 178 valence electrons. The van der Waals surface area contributed by atoms with E-state index in [1.54, 1.807) is 0 Å². The van der Waals surface area contributed by atoms with E-state index in [1.807, 2.05) is 0 Å². The number of carbonyl (C=O) groups is 1. The SMILES string of the molecule is O=C(O)C(F)(F)F.c1ccc([C@H]2N=C(COC3CCCCCC3)N[C@H]2c2ccccc2)cc1. The van der Waals surface area contributed by atoms with E-state index in [0.29, 0.717) is 12.7 Å². The minimum atomic E-state index is -5.08. The molecule has 1 heterocycles. The van der Waals surface area contributed by atoms with Crippen LogP contribution in [0.25, 0.3) is 0 Å². The zero-order valence-electron chi connectivity index (χ0n) is 18.3. The molecule has 0 spiro atoms. The normalized spacial score (nSPS) is 21.2. The van der Waals surface area contributed by atoms with Crippen LogP contribution in [0.2, 0.25) is 0 Å². The molecule has 2 aromatic carbocycles. The van der Waals surface area contributed by atoms with E-state index in [2.05, 4.69) is 66.0 Å². The van der Waals surface area contributed by atoms with Gasteiger partial charge < -0.3 is 15.2 Å². The predicted octanol–water partition coefficient (Wildman–Crippen LogP) is 5.84. The van der Waals surface area contributed by atoms with Crippen molar-refractivity contribution in [1.82, 2.24) is 5.32 Å². The van der Waals surface area contributed by atoms with Crippen LogP contribution in [0.3, 0.4) is 0 Å². The van der Waals surface area contributed by atoms with Gasteiger partial charge in [-0.15, -0.1) is 0 Å². The van der Waals surface area contributed by atoms with Gasteiger partial charge in [-0.1, -0.05) is 86.3 Å². The Balaban J connectivity index is 0.000000383. The quantitative estimate of drug-likeness (QED) is 0.548. The van der Waals surface area contributed by atoms with E-state index in [9.17, 15) is 13.2 Å². The fraction of sp³-hybridized carbons (Fsp3) is 0.440. The molecule has 1 fully saturated rings. The molecule has 1 aliphatic carbocycles. The number of nitrogens with one attached hydrogen (secondary N) is 1. The van der Waals surface area contributed by atoms with Crippen molar-refractivity contribution in [3.8, 4) is 0 Å². The maximum absolute atomic E-state index is 10.6. The van der Waals surface area contributed by atoms with Gasteiger partial charge in [0, 0.05) is 0 Å². The Labute approximate surface area is 191 Å². The van der Waals surface area contributed by atoms with Crippen molar-refractivity contribution in [1.29, 1.82) is 0 Å². The second kappa shape index (κ2) is 11.8. The molecule has 1 saturated carbocycles. The van der Waals surface area contributed by atoms with Crippen molar-refractivity contribution in [2.45, 2.75) is 62.9 Å². The van der Waals surface area contributed by atoms with Crippen molar-refractivity contribution >= 4 is 11.8 Å². The Morgan fingerprint density at radius 3 is 1.97 bits per heavy atom. The lowest BCUT2D eigenvalue weighted by molar-refractivity contribution is -0.192. The first-order chi connectivity index (χ1) is 15.8. The van der Waals surface area contributed by atoms with Crippen molar-refractivity contribution in [2.75, 3.05) is 6.61 Å². The average Bonchev–Trinajstić information content (AvgIpc) is 3.07. The number of carboxylic acid groups (broad SMARTS) is 1. The van der Waals surface area contributed by atoms with Gasteiger partial charge in [-0.05, 0) is 24.0 Å². The lowest BCUT2D eigenvalue weighted by Crippen LogP contribution is -2.29. The molecular weight excluding hydrogens is 433 g/mol. The summed E-state index contributed by atoms with van der Waals surface area (Å²) in [4.78, 5) is 13.9. The fourth-order valence-corrected chi connectivity index (χ4v) is 4.07. The molecule has 0 radical (unpaired) electrons. The van der Waals surface area contributed by atoms with Gasteiger partial charge in [0.05, 0.1) is 12.1 Å². The lowest BCUT2D eigenvalue weighted by atomic mass is 9.95. The number of alkyl halides is 3. The standard InChI is InChI=1S/C23H28N2O.C2HF3O2/c1-2-10-16-20(15-9-1)26-17-21-24-22(18-11-5-3-6-12-18)23(25-21)19-13-7-4-8-14-19;3-2(4,5)1(6)7/h3-8,11-14,20,22-23H,1-2,9-10,15-17H2,(H,24,25);(H,6,7)/t22-,23+;. The summed E-state index contributed by atoms with van der Waals surface area (Å²) < 4.78 is 38.0. The third-order valence-electron chi connectivity index (χ3n) is 5.73. The van der Waals surface area contributed by atoms with Crippen molar-refractivity contribution in [2.24, 2.45) is 4.99 Å². The Hall–Kier alpha value is -2.87. The number of aliphatic imine (C=N–C) groups is 1. The highest BCUT2D eigenvalue weighted by Gasteiger charge is 2.38. The summed E-state index contributed by atoms with van der Waals surface area (Å²) in [6, 6.07) is 21.5. The van der Waals surface area contributed by atoms with Gasteiger partial charge in [0.1, 0.15) is 18.5 Å². The minimum absolute atomic E-state index is 0.103. The number of aliphatic carboxylic acids is 1. The topological polar surface area (TPSA) is 70.9 Å². The van der Waals surface area contributed by atoms with Crippen LogP contribution < -0.4 is 5.32 Å². The van der Waals surface area contributed by atoms with Gasteiger partial charge in [0.2, 0.25) is 0 Å². The van der Waals surface area contributed by atoms with E-state index in [4.69, 9.17) is 19.6 Å². The van der Waals surface area contributed by atoms with Gasteiger partial charge in [-0.2, -0.15) is 13.2 Å². The highest BCUT2D eigenvalue weighted by atomic mass is 19.4. The smallest absolute Gasteiger partial charge is 0.475 e. The molecule has 0 saturated heterocycles. The number of halogens is 3. The van der Waals surface area contributed by atoms with E-state index in [1.165, 1.54) is 49.7 Å². The summed E-state index contributed by atoms with van der Waals surface area (Å²) in [5.74, 6) is -1.77. The molecule has 33 heavy (non-hydrogen) atoms. The Kier molecular flexibility index (Phi) is 8.88. The zero-order chi connectivity index (χ0) is 23.7. The Bertz CT molecular complexity index is 896. The monoisotopic (exact) mass is 462 g/mol. The number of rotatable bonds is 5. The molecule has 2 atom stereocenters. The van der Waals surface area contributed by atoms with E-state index in [0.717, 1.165) is 5.84 Å². The second-order valence-electron chi connectivity index (χ2n) is 8.19. The first kappa shape index (κ1) is 24.8. The molecule has 4 rings (SSSR count). The summed E-state index contributed by atoms with van der Waals surface area (Å²) in [7, 11) is 0. The van der Waals surface area contributed by atoms with Crippen molar-refractivity contribution < 1.29 is 27.8 Å². The third kappa shape index (κ3) is 7.60. The molecule has 0 amide bonds. The first-order valence-corrected chi connectivity index (χ1v) is 11.2. The highest BCUT2D eigenvalue weighted by Crippen LogP contribution is 2.36. The van der Waals surface area contributed by atoms with Crippen LogP contribution in [0.5, 0.6) is 0 Å². The molecule has 2 aromatic rings. The van der Waals surface area contributed by atoms with E-state index in [-0.39, 0.29) is 12.1 Å². The van der Waals surface area contributed by atoms with E-state index >= 15 is 0 Å². The maximum Gasteiger partial charge on any atom is 0.490 e. The van der Waals surface area contributed by atoms with Gasteiger partial charge in [-0.25, -0.2) is 4.79 Å².